The number of guanidine groups is 1. The minimum Gasteiger partial charge on any atom is -0.493 e. The molecule has 0 heterocycles. The van der Waals surface area contributed by atoms with E-state index in [1.54, 1.807) is 26.0 Å². The average Bonchev–Trinajstić information content (AvgIpc) is 2.59. The second kappa shape index (κ2) is 9.18. The summed E-state index contributed by atoms with van der Waals surface area (Å²) in [6.45, 7) is 3.59. The molecule has 2 rings (SSSR count). The minimum atomic E-state index is -4.20. The Morgan fingerprint density at radius 3 is 2.57 bits per heavy atom. The van der Waals surface area contributed by atoms with Gasteiger partial charge in [0, 0.05) is 18.7 Å². The van der Waals surface area contributed by atoms with E-state index in [2.05, 4.69) is 10.2 Å². The largest absolute Gasteiger partial charge is 0.493 e. The number of rotatable bonds is 8. The summed E-state index contributed by atoms with van der Waals surface area (Å²) in [7, 11) is -4.20. The van der Waals surface area contributed by atoms with Crippen LogP contribution < -0.4 is 20.4 Å². The Bertz CT molecular complexity index is 1000. The molecule has 2 aromatic carbocycles. The van der Waals surface area contributed by atoms with E-state index in [0.29, 0.717) is 17.7 Å². The van der Waals surface area contributed by atoms with Crippen molar-refractivity contribution in [3.05, 3.63) is 53.3 Å². The van der Waals surface area contributed by atoms with Crippen LogP contribution in [0.5, 0.6) is 11.5 Å². The fourth-order valence-electron chi connectivity index (χ4n) is 2.25. The van der Waals surface area contributed by atoms with Crippen LogP contribution in [-0.4, -0.2) is 27.2 Å². The molecule has 10 heteroatoms. The van der Waals surface area contributed by atoms with Crippen molar-refractivity contribution in [2.45, 2.75) is 25.2 Å². The molecule has 0 unspecified atom stereocenters. The van der Waals surface area contributed by atoms with Gasteiger partial charge in [-0.05, 0) is 49.2 Å². The molecule has 0 aliphatic heterocycles. The summed E-state index contributed by atoms with van der Waals surface area (Å²) < 4.78 is 49.2. The second-order valence-electron chi connectivity index (χ2n) is 5.89. The first kappa shape index (κ1) is 21.2. The first-order chi connectivity index (χ1) is 13.2. The lowest BCUT2D eigenvalue weighted by atomic mass is 10.2. The van der Waals surface area contributed by atoms with E-state index < -0.39 is 15.9 Å². The van der Waals surface area contributed by atoms with Crippen molar-refractivity contribution in [3.63, 3.8) is 0 Å². The van der Waals surface area contributed by atoms with E-state index in [0.717, 1.165) is 11.6 Å². The summed E-state index contributed by atoms with van der Waals surface area (Å²) in [6.07, 6.45) is 1.91. The third-order valence-electron chi connectivity index (χ3n) is 3.42. The molecular formula is C18H21FN4O4S. The highest BCUT2D eigenvalue weighted by Crippen LogP contribution is 2.27. The molecule has 8 nitrogen and oxygen atoms in total. The molecule has 0 bridgehead atoms. The predicted octanol–water partition coefficient (Wildman–Crippen LogP) is 2.24. The van der Waals surface area contributed by atoms with Gasteiger partial charge in [-0.2, -0.15) is 13.5 Å². The molecule has 4 N–H and O–H groups in total. The molecule has 0 spiro atoms. The Morgan fingerprint density at radius 1 is 1.14 bits per heavy atom. The van der Waals surface area contributed by atoms with Gasteiger partial charge in [-0.3, -0.25) is 0 Å². The molecule has 2 aromatic rings. The van der Waals surface area contributed by atoms with E-state index in [1.807, 2.05) is 0 Å². The minimum absolute atomic E-state index is 0.0628. The highest BCUT2D eigenvalue weighted by Gasteiger charge is 2.20. The zero-order valence-corrected chi connectivity index (χ0v) is 16.2. The van der Waals surface area contributed by atoms with Gasteiger partial charge < -0.3 is 20.4 Å². The fraction of sp³-hybridized carbons (Fsp3) is 0.222. The van der Waals surface area contributed by atoms with Gasteiger partial charge in [-0.15, -0.1) is 5.10 Å². The van der Waals surface area contributed by atoms with E-state index in [-0.39, 0.29) is 23.2 Å². The molecule has 0 aliphatic rings. The Hall–Kier alpha value is -3.14. The maximum atomic E-state index is 13.4. The monoisotopic (exact) mass is 408 g/mol. The number of benzene rings is 2. The van der Waals surface area contributed by atoms with Crippen molar-refractivity contribution in [3.8, 4) is 11.5 Å². The summed E-state index contributed by atoms with van der Waals surface area (Å²) in [5.41, 5.74) is 11.4. The van der Waals surface area contributed by atoms with Gasteiger partial charge in [0.1, 0.15) is 22.2 Å². The van der Waals surface area contributed by atoms with E-state index in [4.69, 9.17) is 20.4 Å². The normalized spacial score (nSPS) is 11.4. The molecule has 0 aliphatic carbocycles. The number of aryl methyl sites for hydroxylation is 2. The maximum absolute atomic E-state index is 13.4. The maximum Gasteiger partial charge on any atom is 0.339 e. The van der Waals surface area contributed by atoms with Gasteiger partial charge in [0.15, 0.2) is 0 Å². The summed E-state index contributed by atoms with van der Waals surface area (Å²) in [6, 6.07) is 8.18. The number of ether oxygens (including phenoxy) is 1. The van der Waals surface area contributed by atoms with Crippen LogP contribution in [0.4, 0.5) is 4.39 Å². The number of hydrogen-bond donors (Lipinski definition) is 2. The third-order valence-corrected chi connectivity index (χ3v) is 4.81. The van der Waals surface area contributed by atoms with Gasteiger partial charge in [-0.25, -0.2) is 4.39 Å². The van der Waals surface area contributed by atoms with E-state index >= 15 is 0 Å². The van der Waals surface area contributed by atoms with Crippen LogP contribution in [0, 0.1) is 19.7 Å². The lowest BCUT2D eigenvalue weighted by molar-refractivity contribution is 0.329. The number of hydrogen-bond acceptors (Lipinski definition) is 6. The smallest absolute Gasteiger partial charge is 0.339 e. The van der Waals surface area contributed by atoms with Crippen molar-refractivity contribution >= 4 is 22.3 Å². The summed E-state index contributed by atoms with van der Waals surface area (Å²) >= 11 is 0. The molecule has 0 amide bonds. The lowest BCUT2D eigenvalue weighted by Crippen LogP contribution is -2.21. The van der Waals surface area contributed by atoms with Crippen LogP contribution in [0.1, 0.15) is 17.5 Å². The van der Waals surface area contributed by atoms with Gasteiger partial charge in [0.25, 0.3) is 0 Å². The Morgan fingerprint density at radius 2 is 1.86 bits per heavy atom. The average molecular weight is 408 g/mol. The molecule has 0 fully saturated rings. The number of nitrogens with two attached hydrogens (primary N) is 2. The van der Waals surface area contributed by atoms with Gasteiger partial charge in [-0.1, -0.05) is 6.07 Å². The first-order valence-electron chi connectivity index (χ1n) is 8.23. The molecule has 0 atom stereocenters. The van der Waals surface area contributed by atoms with E-state index in [9.17, 15) is 12.8 Å². The molecule has 28 heavy (non-hydrogen) atoms. The Kier molecular flexibility index (Phi) is 6.94. The van der Waals surface area contributed by atoms with Crippen LogP contribution in [0.3, 0.4) is 0 Å². The molecule has 0 aromatic heterocycles. The zero-order valence-electron chi connectivity index (χ0n) is 15.4. The topological polar surface area (TPSA) is 129 Å². The van der Waals surface area contributed by atoms with Crippen LogP contribution in [-0.2, 0) is 10.1 Å². The van der Waals surface area contributed by atoms with Crippen LogP contribution in [0.15, 0.2) is 51.5 Å². The number of nitrogens with zero attached hydrogens (tertiary/aromatic N) is 2. The van der Waals surface area contributed by atoms with E-state index in [1.165, 1.54) is 24.4 Å². The molecule has 0 saturated heterocycles. The SMILES string of the molecule is Cc1cc(OCC/C=N\N=C(N)N)cc(OS(=O)(=O)c2cc(F)ccc2C)c1. The summed E-state index contributed by atoms with van der Waals surface area (Å²) in [5, 5.41) is 7.09. The van der Waals surface area contributed by atoms with Crippen LogP contribution in [0.2, 0.25) is 0 Å². The first-order valence-corrected chi connectivity index (χ1v) is 9.64. The summed E-state index contributed by atoms with van der Waals surface area (Å²) in [4.78, 5) is -0.229. The van der Waals surface area contributed by atoms with Crippen molar-refractivity contribution < 1.29 is 21.7 Å². The van der Waals surface area contributed by atoms with Crippen molar-refractivity contribution in [1.82, 2.24) is 0 Å². The lowest BCUT2D eigenvalue weighted by Gasteiger charge is -2.12. The fourth-order valence-corrected chi connectivity index (χ4v) is 3.41. The summed E-state index contributed by atoms with van der Waals surface area (Å²) in [5.74, 6) is -0.333. The van der Waals surface area contributed by atoms with Crippen LogP contribution in [0.25, 0.3) is 0 Å². The zero-order chi connectivity index (χ0) is 20.7. The van der Waals surface area contributed by atoms with Gasteiger partial charge in [0.05, 0.1) is 6.61 Å². The van der Waals surface area contributed by atoms with Crippen molar-refractivity contribution in [1.29, 1.82) is 0 Å². The third kappa shape index (κ3) is 6.23. The predicted molar refractivity (Wildman–Crippen MR) is 105 cm³/mol. The Balaban J connectivity index is 2.11. The Labute approximate surface area is 162 Å². The highest BCUT2D eigenvalue weighted by atomic mass is 32.2. The van der Waals surface area contributed by atoms with Gasteiger partial charge in [0.2, 0.25) is 5.96 Å². The second-order valence-corrected chi connectivity index (χ2v) is 7.40. The molecule has 0 saturated carbocycles. The standard InChI is InChI=1S/C18H21FN4O4S/c1-12-8-15(26-7-3-6-22-23-18(20)21)11-16(9-12)27-28(24,25)17-10-14(19)5-4-13(17)2/h4-6,8-11H,3,7H2,1-2H3,(H4,20,21,23)/b22-6-. The van der Waals surface area contributed by atoms with Gasteiger partial charge >= 0.3 is 10.1 Å². The molecular weight excluding hydrogens is 387 g/mol. The quantitative estimate of drug-likeness (QED) is 0.227. The van der Waals surface area contributed by atoms with Crippen molar-refractivity contribution in [2.75, 3.05) is 6.61 Å². The molecule has 0 radical (unpaired) electrons. The number of halogens is 1. The highest BCUT2D eigenvalue weighted by molar-refractivity contribution is 7.87. The van der Waals surface area contributed by atoms with Crippen molar-refractivity contribution in [2.24, 2.45) is 21.7 Å². The molecule has 150 valence electrons. The van der Waals surface area contributed by atoms with Crippen LogP contribution >= 0.6 is 0 Å².